The van der Waals surface area contributed by atoms with E-state index in [1.54, 1.807) is 37.3 Å². The van der Waals surface area contributed by atoms with Crippen molar-refractivity contribution < 1.29 is 19.1 Å². The van der Waals surface area contributed by atoms with E-state index in [1.165, 1.54) is 11.6 Å². The Morgan fingerprint density at radius 3 is 2.29 bits per heavy atom. The highest BCUT2D eigenvalue weighted by Crippen LogP contribution is 2.29. The first kappa shape index (κ1) is 23.3. The number of benzene rings is 3. The second kappa shape index (κ2) is 9.53. The lowest BCUT2D eigenvalue weighted by Crippen LogP contribution is -2.54. The van der Waals surface area contributed by atoms with E-state index in [1.807, 2.05) is 44.2 Å². The Labute approximate surface area is 202 Å². The van der Waals surface area contributed by atoms with E-state index in [0.29, 0.717) is 28.6 Å². The minimum absolute atomic E-state index is 0.163. The molecular formula is C27H23ClN2O4. The van der Waals surface area contributed by atoms with Gasteiger partial charge in [0.2, 0.25) is 0 Å². The highest BCUT2D eigenvalue weighted by Gasteiger charge is 2.37. The van der Waals surface area contributed by atoms with Crippen LogP contribution in [0.2, 0.25) is 5.02 Å². The van der Waals surface area contributed by atoms with Crippen LogP contribution in [0.1, 0.15) is 27.8 Å². The average molecular weight is 475 g/mol. The van der Waals surface area contributed by atoms with E-state index >= 15 is 0 Å². The minimum Gasteiger partial charge on any atom is -0.487 e. The van der Waals surface area contributed by atoms with Gasteiger partial charge in [-0.3, -0.25) is 14.9 Å². The van der Waals surface area contributed by atoms with Crippen LogP contribution in [0.3, 0.4) is 0 Å². The molecular weight excluding hydrogens is 452 g/mol. The number of imide groups is 2. The molecule has 1 saturated heterocycles. The lowest BCUT2D eigenvalue weighted by Gasteiger charge is -2.27. The fourth-order valence-corrected chi connectivity index (χ4v) is 3.91. The molecule has 4 rings (SSSR count). The van der Waals surface area contributed by atoms with Crippen LogP contribution in [0.25, 0.3) is 6.08 Å². The maximum atomic E-state index is 13.1. The Balaban J connectivity index is 1.57. The lowest BCUT2D eigenvalue weighted by molar-refractivity contribution is -0.122. The molecule has 6 nitrogen and oxygen atoms in total. The van der Waals surface area contributed by atoms with Gasteiger partial charge in [0.1, 0.15) is 17.9 Å². The first-order valence-electron chi connectivity index (χ1n) is 10.7. The highest BCUT2D eigenvalue weighted by molar-refractivity contribution is 6.39. The topological polar surface area (TPSA) is 75.7 Å². The van der Waals surface area contributed by atoms with Gasteiger partial charge in [-0.05, 0) is 61.7 Å². The fraction of sp³-hybridized carbons (Fsp3) is 0.148. The number of rotatable bonds is 5. The fourth-order valence-electron chi connectivity index (χ4n) is 3.67. The lowest BCUT2D eigenvalue weighted by atomic mass is 10.0. The Morgan fingerprint density at radius 1 is 0.912 bits per heavy atom. The molecule has 0 spiro atoms. The van der Waals surface area contributed by atoms with Crippen LogP contribution in [-0.2, 0) is 16.2 Å². The summed E-state index contributed by atoms with van der Waals surface area (Å²) >= 11 is 6.39. The predicted molar refractivity (Wildman–Crippen MR) is 132 cm³/mol. The van der Waals surface area contributed by atoms with E-state index in [2.05, 4.69) is 5.32 Å². The largest absolute Gasteiger partial charge is 0.487 e. The number of nitrogens with zero attached hydrogens (tertiary/aromatic N) is 1. The number of hydrogen-bond acceptors (Lipinski definition) is 4. The molecule has 34 heavy (non-hydrogen) atoms. The zero-order valence-electron chi connectivity index (χ0n) is 19.0. The molecule has 0 atom stereocenters. The summed E-state index contributed by atoms with van der Waals surface area (Å²) in [6.45, 7) is 6.09. The van der Waals surface area contributed by atoms with E-state index in [-0.39, 0.29) is 5.57 Å². The Kier molecular flexibility index (Phi) is 6.52. The van der Waals surface area contributed by atoms with Crippen molar-refractivity contribution in [1.29, 1.82) is 0 Å². The Bertz CT molecular complexity index is 1330. The van der Waals surface area contributed by atoms with Gasteiger partial charge in [-0.1, -0.05) is 65.2 Å². The molecule has 1 aliphatic heterocycles. The van der Waals surface area contributed by atoms with E-state index in [0.717, 1.165) is 21.6 Å². The van der Waals surface area contributed by atoms with Crippen molar-refractivity contribution in [2.45, 2.75) is 27.4 Å². The van der Waals surface area contributed by atoms with Gasteiger partial charge in [-0.2, -0.15) is 0 Å². The van der Waals surface area contributed by atoms with Crippen molar-refractivity contribution in [1.82, 2.24) is 5.32 Å². The zero-order chi connectivity index (χ0) is 24.4. The van der Waals surface area contributed by atoms with Gasteiger partial charge in [0.15, 0.2) is 0 Å². The standard InChI is InChI=1S/C27H23ClN2O4/c1-16-4-7-19(8-5-16)15-34-24-11-9-20(14-22(24)28)13-21-25(31)29-27(33)30(26(21)32)23-10-6-17(2)12-18(23)3/h4-14H,15H2,1-3H3,(H,29,31,33)/b21-13+. The molecule has 0 aliphatic carbocycles. The molecule has 0 unspecified atom stereocenters. The summed E-state index contributed by atoms with van der Waals surface area (Å²) in [5.74, 6) is -0.973. The Morgan fingerprint density at radius 2 is 1.62 bits per heavy atom. The van der Waals surface area contributed by atoms with Gasteiger partial charge in [-0.15, -0.1) is 0 Å². The number of anilines is 1. The third-order valence-electron chi connectivity index (χ3n) is 5.48. The van der Waals surface area contributed by atoms with Crippen LogP contribution in [0, 0.1) is 20.8 Å². The number of hydrogen-bond donors (Lipinski definition) is 1. The maximum absolute atomic E-state index is 13.1. The number of amides is 4. The molecule has 3 aromatic carbocycles. The molecule has 1 aliphatic rings. The maximum Gasteiger partial charge on any atom is 0.335 e. The van der Waals surface area contributed by atoms with Crippen molar-refractivity contribution in [2.24, 2.45) is 0 Å². The van der Waals surface area contributed by atoms with Crippen LogP contribution in [-0.4, -0.2) is 17.8 Å². The number of carbonyl (C=O) groups excluding carboxylic acids is 3. The van der Waals surface area contributed by atoms with Crippen molar-refractivity contribution in [3.8, 4) is 5.75 Å². The van der Waals surface area contributed by atoms with E-state index in [9.17, 15) is 14.4 Å². The molecule has 4 amide bonds. The molecule has 7 heteroatoms. The molecule has 172 valence electrons. The molecule has 0 radical (unpaired) electrons. The highest BCUT2D eigenvalue weighted by atomic mass is 35.5. The SMILES string of the molecule is Cc1ccc(COc2ccc(/C=C3\C(=O)NC(=O)N(c4ccc(C)cc4C)C3=O)cc2Cl)cc1. The van der Waals surface area contributed by atoms with Crippen LogP contribution in [0.4, 0.5) is 10.5 Å². The van der Waals surface area contributed by atoms with Gasteiger partial charge in [0.25, 0.3) is 11.8 Å². The molecule has 3 aromatic rings. The van der Waals surface area contributed by atoms with Gasteiger partial charge in [0, 0.05) is 0 Å². The summed E-state index contributed by atoms with van der Waals surface area (Å²) in [5.41, 5.74) is 4.70. The van der Waals surface area contributed by atoms with Crippen molar-refractivity contribution in [3.05, 3.63) is 99.1 Å². The first-order valence-corrected chi connectivity index (χ1v) is 11.1. The molecule has 0 saturated carbocycles. The molecule has 1 heterocycles. The monoisotopic (exact) mass is 474 g/mol. The third kappa shape index (κ3) is 4.87. The third-order valence-corrected chi connectivity index (χ3v) is 5.77. The summed E-state index contributed by atoms with van der Waals surface area (Å²) < 4.78 is 5.81. The van der Waals surface area contributed by atoms with Gasteiger partial charge >= 0.3 is 6.03 Å². The van der Waals surface area contributed by atoms with Gasteiger partial charge in [-0.25, -0.2) is 9.69 Å². The number of barbiturate groups is 1. The smallest absolute Gasteiger partial charge is 0.335 e. The summed E-state index contributed by atoms with van der Waals surface area (Å²) in [6.07, 6.45) is 1.41. The number of ether oxygens (including phenoxy) is 1. The molecule has 1 N–H and O–H groups in total. The number of carbonyl (C=O) groups is 3. The molecule has 0 aromatic heterocycles. The normalized spacial score (nSPS) is 15.0. The van der Waals surface area contributed by atoms with Crippen LogP contribution in [0.5, 0.6) is 5.75 Å². The molecule has 0 bridgehead atoms. The van der Waals surface area contributed by atoms with E-state index < -0.39 is 17.8 Å². The summed E-state index contributed by atoms with van der Waals surface area (Å²) in [6, 6.07) is 17.5. The van der Waals surface area contributed by atoms with E-state index in [4.69, 9.17) is 16.3 Å². The molecule has 1 fully saturated rings. The Hall–Kier alpha value is -3.90. The van der Waals surface area contributed by atoms with Crippen LogP contribution in [0.15, 0.2) is 66.2 Å². The average Bonchev–Trinajstić information content (AvgIpc) is 2.78. The summed E-state index contributed by atoms with van der Waals surface area (Å²) in [7, 11) is 0. The van der Waals surface area contributed by atoms with Gasteiger partial charge in [0.05, 0.1) is 10.7 Å². The van der Waals surface area contributed by atoms with Crippen molar-refractivity contribution in [2.75, 3.05) is 4.90 Å². The van der Waals surface area contributed by atoms with Crippen molar-refractivity contribution >= 4 is 41.2 Å². The predicted octanol–water partition coefficient (Wildman–Crippen LogP) is 5.51. The quantitative estimate of drug-likeness (QED) is 0.390. The number of aryl methyl sites for hydroxylation is 3. The van der Waals surface area contributed by atoms with Crippen LogP contribution < -0.4 is 15.0 Å². The van der Waals surface area contributed by atoms with Gasteiger partial charge < -0.3 is 4.74 Å². The summed E-state index contributed by atoms with van der Waals surface area (Å²) in [5, 5.41) is 2.58. The number of halogens is 1. The number of urea groups is 1. The zero-order valence-corrected chi connectivity index (χ0v) is 19.8. The van der Waals surface area contributed by atoms with Crippen molar-refractivity contribution in [3.63, 3.8) is 0 Å². The second-order valence-electron chi connectivity index (χ2n) is 8.21. The first-order chi connectivity index (χ1) is 16.2. The minimum atomic E-state index is -0.781. The second-order valence-corrected chi connectivity index (χ2v) is 8.62. The number of nitrogens with one attached hydrogen (secondary N) is 1. The van der Waals surface area contributed by atoms with Crippen LogP contribution >= 0.6 is 11.6 Å². The summed E-state index contributed by atoms with van der Waals surface area (Å²) in [4.78, 5) is 39.0.